The number of aromatic nitrogens is 4. The second-order valence-corrected chi connectivity index (χ2v) is 8.02. The van der Waals surface area contributed by atoms with Crippen molar-refractivity contribution >= 4 is 46.6 Å². The molecule has 0 unspecified atom stereocenters. The van der Waals surface area contributed by atoms with Gasteiger partial charge in [0.05, 0.1) is 28.6 Å². The third kappa shape index (κ3) is 5.55. The van der Waals surface area contributed by atoms with Crippen LogP contribution in [0.1, 0.15) is 12.7 Å². The van der Waals surface area contributed by atoms with Gasteiger partial charge in [0.2, 0.25) is 11.8 Å². The van der Waals surface area contributed by atoms with E-state index in [-0.39, 0.29) is 23.3 Å². The summed E-state index contributed by atoms with van der Waals surface area (Å²) in [7, 11) is 1.71. The maximum Gasteiger partial charge on any atom is 0.237 e. The van der Waals surface area contributed by atoms with Gasteiger partial charge < -0.3 is 15.2 Å². The molecule has 0 saturated heterocycles. The van der Waals surface area contributed by atoms with Gasteiger partial charge in [0.1, 0.15) is 11.6 Å². The number of rotatable bonds is 7. The summed E-state index contributed by atoms with van der Waals surface area (Å²) in [6.45, 7) is 1.75. The molecule has 0 spiro atoms. The van der Waals surface area contributed by atoms with Crippen LogP contribution in [0.4, 0.5) is 15.8 Å². The molecule has 2 aromatic heterocycles. The number of amides is 2. The predicted molar refractivity (Wildman–Crippen MR) is 113 cm³/mol. The van der Waals surface area contributed by atoms with E-state index in [9.17, 15) is 14.0 Å². The van der Waals surface area contributed by atoms with Gasteiger partial charge in [-0.3, -0.25) is 14.6 Å². The largest absolute Gasteiger partial charge is 0.326 e. The van der Waals surface area contributed by atoms with E-state index >= 15 is 0 Å². The maximum atomic E-state index is 13.2. The third-order valence-corrected chi connectivity index (χ3v) is 5.45. The lowest BCUT2D eigenvalue weighted by Gasteiger charge is -2.11. The molecule has 11 heteroatoms. The molecule has 2 N–H and O–H groups in total. The summed E-state index contributed by atoms with van der Waals surface area (Å²) in [4.78, 5) is 28.6. The van der Waals surface area contributed by atoms with Crippen LogP contribution >= 0.6 is 23.4 Å². The summed E-state index contributed by atoms with van der Waals surface area (Å²) in [5, 5.41) is 13.5. The van der Waals surface area contributed by atoms with Crippen molar-refractivity contribution < 1.29 is 14.0 Å². The SMILES string of the molecule is C[C@@H](Sc1nnc(CC(=O)Nc2ccc(F)c(Cl)c2)n1C)C(=O)Nc1cccnc1. The van der Waals surface area contributed by atoms with Crippen LogP contribution < -0.4 is 10.6 Å². The molecule has 0 bridgehead atoms. The number of carbonyl (C=O) groups excluding carboxylic acids is 2. The van der Waals surface area contributed by atoms with Crippen LogP contribution in [0.3, 0.4) is 0 Å². The average Bonchev–Trinajstić information content (AvgIpc) is 3.05. The number of nitrogens with zero attached hydrogens (tertiary/aromatic N) is 4. The molecule has 0 aliphatic carbocycles. The minimum Gasteiger partial charge on any atom is -0.326 e. The number of anilines is 2. The molecule has 0 aliphatic heterocycles. The lowest BCUT2D eigenvalue weighted by molar-refractivity contribution is -0.116. The molecule has 1 aromatic carbocycles. The molecule has 3 rings (SSSR count). The van der Waals surface area contributed by atoms with Crippen LogP contribution in [0.25, 0.3) is 0 Å². The van der Waals surface area contributed by atoms with Gasteiger partial charge in [-0.1, -0.05) is 23.4 Å². The fourth-order valence-electron chi connectivity index (χ4n) is 2.42. The van der Waals surface area contributed by atoms with Gasteiger partial charge in [-0.05, 0) is 37.3 Å². The van der Waals surface area contributed by atoms with Crippen molar-refractivity contribution in [1.82, 2.24) is 19.7 Å². The Morgan fingerprint density at radius 3 is 2.73 bits per heavy atom. The van der Waals surface area contributed by atoms with Crippen molar-refractivity contribution in [3.05, 3.63) is 59.4 Å². The van der Waals surface area contributed by atoms with Gasteiger partial charge in [-0.15, -0.1) is 10.2 Å². The first-order valence-electron chi connectivity index (χ1n) is 8.84. The molecule has 2 amide bonds. The molecular weight excluding hydrogens is 431 g/mol. The summed E-state index contributed by atoms with van der Waals surface area (Å²) < 4.78 is 14.9. The summed E-state index contributed by atoms with van der Waals surface area (Å²) in [5.74, 6) is -0.704. The van der Waals surface area contributed by atoms with E-state index in [1.165, 1.54) is 30.0 Å². The molecular formula is C19H18ClFN6O2S. The van der Waals surface area contributed by atoms with E-state index in [1.807, 2.05) is 0 Å². The Hall–Kier alpha value is -2.98. The van der Waals surface area contributed by atoms with E-state index in [2.05, 4.69) is 25.8 Å². The van der Waals surface area contributed by atoms with Crippen molar-refractivity contribution in [2.45, 2.75) is 23.8 Å². The Balaban J connectivity index is 1.58. The van der Waals surface area contributed by atoms with Crippen LogP contribution in [-0.4, -0.2) is 36.8 Å². The second kappa shape index (κ2) is 9.68. The number of hydrogen-bond acceptors (Lipinski definition) is 6. The zero-order valence-corrected chi connectivity index (χ0v) is 17.7. The summed E-state index contributed by atoms with van der Waals surface area (Å²) in [6.07, 6.45) is 3.13. The molecule has 30 heavy (non-hydrogen) atoms. The fourth-order valence-corrected chi connectivity index (χ4v) is 3.43. The Kier molecular flexibility index (Phi) is 7.01. The fraction of sp³-hybridized carbons (Fsp3) is 0.211. The van der Waals surface area contributed by atoms with Crippen LogP contribution in [0, 0.1) is 5.82 Å². The minimum atomic E-state index is -0.564. The van der Waals surface area contributed by atoms with Crippen molar-refractivity contribution in [2.24, 2.45) is 7.05 Å². The lowest BCUT2D eigenvalue weighted by atomic mass is 10.3. The smallest absolute Gasteiger partial charge is 0.237 e. The quantitative estimate of drug-likeness (QED) is 0.538. The van der Waals surface area contributed by atoms with Crippen LogP contribution in [0.2, 0.25) is 5.02 Å². The summed E-state index contributed by atoms with van der Waals surface area (Å²) in [6, 6.07) is 7.39. The second-order valence-electron chi connectivity index (χ2n) is 6.30. The van der Waals surface area contributed by atoms with Gasteiger partial charge in [0.25, 0.3) is 0 Å². The first kappa shape index (κ1) is 21.7. The maximum absolute atomic E-state index is 13.2. The van der Waals surface area contributed by atoms with Crippen LogP contribution in [0.5, 0.6) is 0 Å². The molecule has 0 fully saturated rings. The summed E-state index contributed by atoms with van der Waals surface area (Å²) in [5.41, 5.74) is 0.982. The van der Waals surface area contributed by atoms with Crippen molar-refractivity contribution in [3.63, 3.8) is 0 Å². The number of benzene rings is 1. The Morgan fingerprint density at radius 1 is 1.23 bits per heavy atom. The normalized spacial score (nSPS) is 11.7. The Labute approximate surface area is 181 Å². The highest BCUT2D eigenvalue weighted by Gasteiger charge is 2.20. The standard InChI is InChI=1S/C19H18ClFN6O2S/c1-11(18(29)24-13-4-3-7-22-10-13)30-19-26-25-16(27(19)2)9-17(28)23-12-5-6-15(21)14(20)8-12/h3-8,10-11H,9H2,1-2H3,(H,23,28)(H,24,29)/t11-/m1/s1. The van der Waals surface area contributed by atoms with Gasteiger partial charge in [0.15, 0.2) is 5.16 Å². The van der Waals surface area contributed by atoms with E-state index in [4.69, 9.17) is 11.6 Å². The molecule has 1 atom stereocenters. The minimum absolute atomic E-state index is 0.0463. The number of nitrogens with one attached hydrogen (secondary N) is 2. The highest BCUT2D eigenvalue weighted by atomic mass is 35.5. The first-order chi connectivity index (χ1) is 14.3. The highest BCUT2D eigenvalue weighted by molar-refractivity contribution is 8.00. The van der Waals surface area contributed by atoms with E-state index in [1.54, 1.807) is 43.1 Å². The number of hydrogen-bond donors (Lipinski definition) is 2. The van der Waals surface area contributed by atoms with E-state index in [0.29, 0.717) is 22.4 Å². The molecule has 3 aromatic rings. The zero-order valence-electron chi connectivity index (χ0n) is 16.1. The molecule has 156 valence electrons. The monoisotopic (exact) mass is 448 g/mol. The first-order valence-corrected chi connectivity index (χ1v) is 10.1. The van der Waals surface area contributed by atoms with Gasteiger partial charge in [-0.25, -0.2) is 4.39 Å². The van der Waals surface area contributed by atoms with Gasteiger partial charge in [0, 0.05) is 18.9 Å². The predicted octanol–water partition coefficient (Wildman–Crippen LogP) is 3.30. The van der Waals surface area contributed by atoms with Crippen molar-refractivity contribution in [2.75, 3.05) is 10.6 Å². The van der Waals surface area contributed by atoms with E-state index in [0.717, 1.165) is 0 Å². The number of carbonyl (C=O) groups is 2. The topological polar surface area (TPSA) is 102 Å². The van der Waals surface area contributed by atoms with Crippen LogP contribution in [-0.2, 0) is 23.1 Å². The highest BCUT2D eigenvalue weighted by Crippen LogP contribution is 2.23. The third-order valence-electron chi connectivity index (χ3n) is 4.03. The lowest BCUT2D eigenvalue weighted by Crippen LogP contribution is -2.23. The van der Waals surface area contributed by atoms with Crippen molar-refractivity contribution in [1.29, 1.82) is 0 Å². The van der Waals surface area contributed by atoms with Gasteiger partial charge >= 0.3 is 0 Å². The molecule has 0 saturated carbocycles. The Bertz CT molecular complexity index is 1060. The molecule has 0 aliphatic rings. The van der Waals surface area contributed by atoms with Crippen molar-refractivity contribution in [3.8, 4) is 0 Å². The molecule has 2 heterocycles. The van der Waals surface area contributed by atoms with Gasteiger partial charge in [-0.2, -0.15) is 0 Å². The molecule has 0 radical (unpaired) electrons. The number of halogens is 2. The van der Waals surface area contributed by atoms with E-state index < -0.39 is 11.1 Å². The molecule has 8 nitrogen and oxygen atoms in total. The number of pyridine rings is 1. The summed E-state index contributed by atoms with van der Waals surface area (Å²) >= 11 is 6.94. The average molecular weight is 449 g/mol. The number of thioether (sulfide) groups is 1. The van der Waals surface area contributed by atoms with Crippen LogP contribution in [0.15, 0.2) is 47.9 Å². The Morgan fingerprint density at radius 2 is 2.03 bits per heavy atom. The zero-order chi connectivity index (χ0) is 21.7.